The lowest BCUT2D eigenvalue weighted by Gasteiger charge is -2.10. The molecule has 22 heavy (non-hydrogen) atoms. The summed E-state index contributed by atoms with van der Waals surface area (Å²) in [5.74, 6) is -0.792. The molecule has 1 aromatic carbocycles. The van der Waals surface area contributed by atoms with E-state index in [2.05, 4.69) is 5.32 Å². The van der Waals surface area contributed by atoms with E-state index < -0.39 is 21.7 Å². The number of hydrogen-bond acceptors (Lipinski definition) is 6. The molecular weight excluding hydrogens is 326 g/mol. The predicted molar refractivity (Wildman–Crippen MR) is 83.3 cm³/mol. The van der Waals surface area contributed by atoms with E-state index in [0.717, 1.165) is 4.90 Å². The Morgan fingerprint density at radius 2 is 2.00 bits per heavy atom. The van der Waals surface area contributed by atoms with Crippen molar-refractivity contribution in [3.8, 4) is 0 Å². The second-order valence-corrected chi connectivity index (χ2v) is 8.21. The van der Waals surface area contributed by atoms with Crippen LogP contribution in [0, 0.1) is 0 Å². The van der Waals surface area contributed by atoms with Crippen LogP contribution in [0.1, 0.15) is 6.42 Å². The van der Waals surface area contributed by atoms with Crippen molar-refractivity contribution >= 4 is 33.5 Å². The van der Waals surface area contributed by atoms with Gasteiger partial charge in [0.05, 0.1) is 17.3 Å². The smallest absolute Gasteiger partial charge is 0.316 e. The van der Waals surface area contributed by atoms with Crippen LogP contribution in [0.15, 0.2) is 35.2 Å². The number of benzene rings is 1. The minimum Gasteiger partial charge on any atom is -0.455 e. The summed E-state index contributed by atoms with van der Waals surface area (Å²) in [5.41, 5.74) is 0. The minimum absolute atomic E-state index is 0.0451. The number of thioether (sulfide) groups is 1. The molecule has 1 aliphatic rings. The van der Waals surface area contributed by atoms with Crippen LogP contribution in [0.3, 0.4) is 0 Å². The predicted octanol–water partition coefficient (Wildman–Crippen LogP) is 0.625. The maximum atomic E-state index is 11.6. The molecule has 1 atom stereocenters. The number of carbonyl (C=O) groups excluding carboxylic acids is 2. The third kappa shape index (κ3) is 5.69. The largest absolute Gasteiger partial charge is 0.455 e. The van der Waals surface area contributed by atoms with Crippen LogP contribution in [0.2, 0.25) is 0 Å². The summed E-state index contributed by atoms with van der Waals surface area (Å²) in [6, 6.07) is 9.01. The Hall–Kier alpha value is -1.54. The third-order valence-corrected chi connectivity index (χ3v) is 5.82. The van der Waals surface area contributed by atoms with Crippen LogP contribution in [0.25, 0.3) is 0 Å². The molecule has 1 heterocycles. The number of ether oxygens (including phenoxy) is 1. The highest BCUT2D eigenvalue weighted by atomic mass is 32.2. The van der Waals surface area contributed by atoms with Crippen molar-refractivity contribution in [3.05, 3.63) is 30.3 Å². The fourth-order valence-corrected chi connectivity index (χ4v) is 4.42. The molecule has 0 unspecified atom stereocenters. The van der Waals surface area contributed by atoms with Crippen molar-refractivity contribution in [2.24, 2.45) is 0 Å². The molecule has 1 fully saturated rings. The molecule has 1 aliphatic heterocycles. The highest BCUT2D eigenvalue weighted by Crippen LogP contribution is 2.16. The zero-order chi connectivity index (χ0) is 16.0. The molecule has 0 bridgehead atoms. The van der Waals surface area contributed by atoms with E-state index in [4.69, 9.17) is 4.74 Å². The van der Waals surface area contributed by atoms with E-state index in [9.17, 15) is 18.0 Å². The van der Waals surface area contributed by atoms with Gasteiger partial charge in [-0.05, 0) is 18.6 Å². The van der Waals surface area contributed by atoms with Gasteiger partial charge in [0, 0.05) is 10.9 Å². The molecule has 6 nitrogen and oxygen atoms in total. The topological polar surface area (TPSA) is 89.5 Å². The zero-order valence-electron chi connectivity index (χ0n) is 11.9. The van der Waals surface area contributed by atoms with Gasteiger partial charge in [-0.2, -0.15) is 0 Å². The average Bonchev–Trinajstić information content (AvgIpc) is 2.83. The molecule has 120 valence electrons. The number of amides is 1. The van der Waals surface area contributed by atoms with Crippen LogP contribution in [0.4, 0.5) is 0 Å². The SMILES string of the molecule is O=C(COC(=O)CSc1ccccc1)N[C@@H]1CCS(=O)(=O)C1. The summed E-state index contributed by atoms with van der Waals surface area (Å²) in [4.78, 5) is 24.1. The standard InChI is InChI=1S/C14H17NO5S2/c16-13(15-11-6-7-22(18,19)10-11)8-20-14(17)9-21-12-4-2-1-3-5-12/h1-5,11H,6-10H2,(H,15,16)/t11-/m1/s1. The number of esters is 1. The first-order chi connectivity index (χ1) is 10.4. The first-order valence-electron chi connectivity index (χ1n) is 6.78. The molecule has 0 aromatic heterocycles. The Kier molecular flexibility index (Phi) is 5.84. The van der Waals surface area contributed by atoms with E-state index in [1.54, 1.807) is 0 Å². The fraction of sp³-hybridized carbons (Fsp3) is 0.429. The second-order valence-electron chi connectivity index (χ2n) is 4.93. The number of sulfone groups is 1. The number of carbonyl (C=O) groups is 2. The Balaban J connectivity index is 1.65. The van der Waals surface area contributed by atoms with Gasteiger partial charge in [0.2, 0.25) is 0 Å². The van der Waals surface area contributed by atoms with Gasteiger partial charge in [0.25, 0.3) is 5.91 Å². The molecule has 8 heteroatoms. The van der Waals surface area contributed by atoms with Crippen molar-refractivity contribution in [2.45, 2.75) is 17.4 Å². The summed E-state index contributed by atoms with van der Waals surface area (Å²) < 4.78 is 27.4. The summed E-state index contributed by atoms with van der Waals surface area (Å²) in [6.45, 7) is -0.384. The van der Waals surface area contributed by atoms with Gasteiger partial charge < -0.3 is 10.1 Å². The van der Waals surface area contributed by atoms with Crippen LogP contribution in [-0.2, 0) is 24.2 Å². The Labute approximate surface area is 133 Å². The van der Waals surface area contributed by atoms with Crippen molar-refractivity contribution in [1.29, 1.82) is 0 Å². The Morgan fingerprint density at radius 1 is 1.27 bits per heavy atom. The molecule has 1 N–H and O–H groups in total. The summed E-state index contributed by atoms with van der Waals surface area (Å²) in [5, 5.41) is 2.56. The molecule has 0 spiro atoms. The van der Waals surface area contributed by atoms with Crippen molar-refractivity contribution in [3.63, 3.8) is 0 Å². The molecule has 0 radical (unpaired) electrons. The van der Waals surface area contributed by atoms with Crippen molar-refractivity contribution in [2.75, 3.05) is 23.9 Å². The molecule has 0 aliphatic carbocycles. The minimum atomic E-state index is -3.04. The lowest BCUT2D eigenvalue weighted by molar-refractivity contribution is -0.146. The quantitative estimate of drug-likeness (QED) is 0.602. The summed E-state index contributed by atoms with van der Waals surface area (Å²) in [7, 11) is -3.04. The Bertz CT molecular complexity index is 630. The summed E-state index contributed by atoms with van der Waals surface area (Å²) in [6.07, 6.45) is 0.409. The first-order valence-corrected chi connectivity index (χ1v) is 9.58. The van der Waals surface area contributed by atoms with Crippen LogP contribution >= 0.6 is 11.8 Å². The van der Waals surface area contributed by atoms with Gasteiger partial charge in [-0.15, -0.1) is 11.8 Å². The van der Waals surface area contributed by atoms with E-state index >= 15 is 0 Å². The molecule has 1 aromatic rings. The molecular formula is C14H17NO5S2. The number of rotatable bonds is 6. The maximum Gasteiger partial charge on any atom is 0.316 e. The van der Waals surface area contributed by atoms with Crippen LogP contribution in [-0.4, -0.2) is 50.2 Å². The van der Waals surface area contributed by atoms with Gasteiger partial charge in [0.1, 0.15) is 0 Å². The summed E-state index contributed by atoms with van der Waals surface area (Å²) >= 11 is 1.33. The molecule has 1 saturated heterocycles. The second kappa shape index (κ2) is 7.64. The monoisotopic (exact) mass is 343 g/mol. The highest BCUT2D eigenvalue weighted by Gasteiger charge is 2.28. The average molecular weight is 343 g/mol. The number of hydrogen-bond donors (Lipinski definition) is 1. The Morgan fingerprint density at radius 3 is 2.64 bits per heavy atom. The van der Waals surface area contributed by atoms with Crippen molar-refractivity contribution in [1.82, 2.24) is 5.32 Å². The van der Waals surface area contributed by atoms with Crippen LogP contribution < -0.4 is 5.32 Å². The lowest BCUT2D eigenvalue weighted by atomic mass is 10.2. The first kappa shape index (κ1) is 16.8. The highest BCUT2D eigenvalue weighted by molar-refractivity contribution is 8.00. The third-order valence-electron chi connectivity index (χ3n) is 3.06. The molecule has 0 saturated carbocycles. The zero-order valence-corrected chi connectivity index (χ0v) is 13.5. The van der Waals surface area contributed by atoms with E-state index in [0.29, 0.717) is 6.42 Å². The molecule has 1 amide bonds. The van der Waals surface area contributed by atoms with Gasteiger partial charge in [-0.1, -0.05) is 18.2 Å². The van der Waals surface area contributed by atoms with Crippen molar-refractivity contribution < 1.29 is 22.7 Å². The maximum absolute atomic E-state index is 11.6. The fourth-order valence-electron chi connectivity index (χ4n) is 2.02. The van der Waals surface area contributed by atoms with E-state index in [1.165, 1.54) is 11.8 Å². The number of nitrogens with one attached hydrogen (secondary N) is 1. The van der Waals surface area contributed by atoms with Gasteiger partial charge >= 0.3 is 5.97 Å². The normalized spacial score (nSPS) is 19.5. The molecule has 2 rings (SSSR count). The van der Waals surface area contributed by atoms with Crippen LogP contribution in [0.5, 0.6) is 0 Å². The van der Waals surface area contributed by atoms with E-state index in [-0.39, 0.29) is 29.9 Å². The lowest BCUT2D eigenvalue weighted by Crippen LogP contribution is -2.38. The van der Waals surface area contributed by atoms with Gasteiger partial charge in [-0.3, -0.25) is 9.59 Å². The van der Waals surface area contributed by atoms with E-state index in [1.807, 2.05) is 30.3 Å². The van der Waals surface area contributed by atoms with Gasteiger partial charge in [0.15, 0.2) is 16.4 Å². The van der Waals surface area contributed by atoms with Gasteiger partial charge in [-0.25, -0.2) is 8.42 Å².